The number of nitrogens with one attached hydrogen (secondary N) is 1. The van der Waals surface area contributed by atoms with Crippen molar-refractivity contribution in [3.8, 4) is 11.5 Å². The van der Waals surface area contributed by atoms with E-state index in [-0.39, 0.29) is 12.5 Å². The number of fused-ring (bicyclic) bond motifs is 1. The lowest BCUT2D eigenvalue weighted by Gasteiger charge is -2.24. The van der Waals surface area contributed by atoms with Gasteiger partial charge in [-0.25, -0.2) is 5.43 Å². The summed E-state index contributed by atoms with van der Waals surface area (Å²) < 4.78 is 16.3. The van der Waals surface area contributed by atoms with E-state index < -0.39 is 6.10 Å². The van der Waals surface area contributed by atoms with Crippen LogP contribution in [0.4, 0.5) is 0 Å². The molecule has 21 heavy (non-hydrogen) atoms. The van der Waals surface area contributed by atoms with Crippen LogP contribution in [0.25, 0.3) is 0 Å². The number of para-hydroxylation sites is 2. The van der Waals surface area contributed by atoms with Crippen LogP contribution < -0.4 is 14.9 Å². The van der Waals surface area contributed by atoms with Crippen LogP contribution in [0.3, 0.4) is 0 Å². The smallest absolute Gasteiger partial charge is 0.284 e. The third-order valence-corrected chi connectivity index (χ3v) is 2.93. The van der Waals surface area contributed by atoms with E-state index in [1.54, 1.807) is 18.2 Å². The third-order valence-electron chi connectivity index (χ3n) is 2.93. The molecule has 0 fully saturated rings. The van der Waals surface area contributed by atoms with Crippen LogP contribution in [0.5, 0.6) is 11.5 Å². The Morgan fingerprint density at radius 2 is 2.10 bits per heavy atom. The van der Waals surface area contributed by atoms with Crippen LogP contribution >= 0.6 is 0 Å². The van der Waals surface area contributed by atoms with Gasteiger partial charge in [0, 0.05) is 0 Å². The van der Waals surface area contributed by atoms with E-state index in [1.165, 1.54) is 6.21 Å². The van der Waals surface area contributed by atoms with E-state index in [4.69, 9.17) is 13.9 Å². The summed E-state index contributed by atoms with van der Waals surface area (Å²) in [5.74, 6) is 2.16. The number of carbonyl (C=O) groups is 1. The molecule has 0 saturated heterocycles. The van der Waals surface area contributed by atoms with Crippen molar-refractivity contribution in [2.45, 2.75) is 13.0 Å². The van der Waals surface area contributed by atoms with E-state index in [2.05, 4.69) is 10.5 Å². The molecule has 1 N–H and O–H groups in total. The number of rotatable bonds is 3. The second-order valence-corrected chi connectivity index (χ2v) is 4.55. The summed E-state index contributed by atoms with van der Waals surface area (Å²) in [7, 11) is 0. The highest BCUT2D eigenvalue weighted by Gasteiger charge is 2.26. The highest BCUT2D eigenvalue weighted by Crippen LogP contribution is 2.30. The quantitative estimate of drug-likeness (QED) is 0.690. The van der Waals surface area contributed by atoms with Gasteiger partial charge in [-0.15, -0.1) is 0 Å². The van der Waals surface area contributed by atoms with Gasteiger partial charge in [-0.3, -0.25) is 4.79 Å². The van der Waals surface area contributed by atoms with Crippen molar-refractivity contribution in [1.29, 1.82) is 0 Å². The van der Waals surface area contributed by atoms with Crippen molar-refractivity contribution in [3.05, 3.63) is 47.9 Å². The summed E-state index contributed by atoms with van der Waals surface area (Å²) in [6.45, 7) is 1.98. The van der Waals surface area contributed by atoms with Crippen LogP contribution in [0, 0.1) is 6.92 Å². The lowest BCUT2D eigenvalue weighted by atomic mass is 10.2. The minimum absolute atomic E-state index is 0.151. The maximum absolute atomic E-state index is 11.9. The Labute approximate surface area is 121 Å². The molecule has 0 bridgehead atoms. The summed E-state index contributed by atoms with van der Waals surface area (Å²) in [4.78, 5) is 11.9. The molecule has 1 atom stereocenters. The topological polar surface area (TPSA) is 73.1 Å². The molecule has 1 aromatic heterocycles. The van der Waals surface area contributed by atoms with Gasteiger partial charge >= 0.3 is 0 Å². The standard InChI is InChI=1S/C15H14N2O4/c1-10-6-7-11(20-10)8-16-17-15(18)14-9-19-12-4-2-3-5-13(12)21-14/h2-8,14H,9H2,1H3,(H,17,18)/t14-/m0/s1. The highest BCUT2D eigenvalue weighted by atomic mass is 16.6. The molecule has 1 aliphatic heterocycles. The van der Waals surface area contributed by atoms with Crippen LogP contribution in [0.2, 0.25) is 0 Å². The first-order valence-corrected chi connectivity index (χ1v) is 6.50. The van der Waals surface area contributed by atoms with Gasteiger partial charge in [0.25, 0.3) is 5.91 Å². The number of amides is 1. The normalized spacial score (nSPS) is 16.9. The number of furan rings is 1. The number of carbonyl (C=O) groups excluding carboxylic acids is 1. The van der Waals surface area contributed by atoms with Gasteiger partial charge in [-0.1, -0.05) is 12.1 Å². The minimum Gasteiger partial charge on any atom is -0.485 e. The number of aryl methyl sites for hydroxylation is 1. The van der Waals surface area contributed by atoms with Crippen molar-refractivity contribution in [3.63, 3.8) is 0 Å². The third kappa shape index (κ3) is 3.05. The van der Waals surface area contributed by atoms with Crippen LogP contribution in [0.15, 0.2) is 45.9 Å². The summed E-state index contributed by atoms with van der Waals surface area (Å²) in [5, 5.41) is 3.83. The van der Waals surface area contributed by atoms with Crippen LogP contribution in [-0.4, -0.2) is 24.8 Å². The molecule has 6 nitrogen and oxygen atoms in total. The molecular weight excluding hydrogens is 272 g/mol. The van der Waals surface area contributed by atoms with E-state index in [9.17, 15) is 4.79 Å². The largest absolute Gasteiger partial charge is 0.485 e. The average Bonchev–Trinajstić information content (AvgIpc) is 2.92. The number of hydrazone groups is 1. The summed E-state index contributed by atoms with van der Waals surface area (Å²) in [6, 6.07) is 10.8. The Kier molecular flexibility index (Phi) is 3.59. The molecule has 0 saturated carbocycles. The lowest BCUT2D eigenvalue weighted by Crippen LogP contribution is -2.42. The zero-order valence-corrected chi connectivity index (χ0v) is 11.4. The Morgan fingerprint density at radius 3 is 2.86 bits per heavy atom. The predicted molar refractivity (Wildman–Crippen MR) is 75.5 cm³/mol. The van der Waals surface area contributed by atoms with Crippen molar-refractivity contribution in [1.82, 2.24) is 5.43 Å². The molecule has 2 heterocycles. The molecule has 1 aliphatic rings. The Hall–Kier alpha value is -2.76. The van der Waals surface area contributed by atoms with E-state index in [1.807, 2.05) is 25.1 Å². The maximum atomic E-state index is 11.9. The maximum Gasteiger partial charge on any atom is 0.284 e. The predicted octanol–water partition coefficient (Wildman–Crippen LogP) is 1.88. The molecule has 6 heteroatoms. The fraction of sp³-hybridized carbons (Fsp3) is 0.200. The minimum atomic E-state index is -0.726. The zero-order valence-electron chi connectivity index (χ0n) is 11.4. The van der Waals surface area contributed by atoms with Crippen LogP contribution in [0.1, 0.15) is 11.5 Å². The number of ether oxygens (including phenoxy) is 2. The molecule has 0 radical (unpaired) electrons. The van der Waals surface area contributed by atoms with Gasteiger partial charge in [-0.2, -0.15) is 5.10 Å². The Balaban J connectivity index is 1.58. The fourth-order valence-corrected chi connectivity index (χ4v) is 1.90. The summed E-state index contributed by atoms with van der Waals surface area (Å²) in [6.07, 6.45) is 0.707. The van der Waals surface area contributed by atoms with Crippen molar-refractivity contribution in [2.24, 2.45) is 5.10 Å². The summed E-state index contributed by atoms with van der Waals surface area (Å²) >= 11 is 0. The second-order valence-electron chi connectivity index (χ2n) is 4.55. The first-order valence-electron chi connectivity index (χ1n) is 6.50. The van der Waals surface area contributed by atoms with E-state index in [0.717, 1.165) is 5.76 Å². The average molecular weight is 286 g/mol. The number of nitrogens with zero attached hydrogens (tertiary/aromatic N) is 1. The fourth-order valence-electron chi connectivity index (χ4n) is 1.90. The van der Waals surface area contributed by atoms with Crippen molar-refractivity contribution >= 4 is 12.1 Å². The molecule has 0 unspecified atom stereocenters. The molecule has 1 aromatic carbocycles. The van der Waals surface area contributed by atoms with E-state index in [0.29, 0.717) is 17.3 Å². The van der Waals surface area contributed by atoms with Gasteiger partial charge in [0.15, 0.2) is 11.5 Å². The lowest BCUT2D eigenvalue weighted by molar-refractivity contribution is -0.130. The first kappa shape index (κ1) is 13.2. The second kappa shape index (κ2) is 5.70. The zero-order chi connectivity index (χ0) is 14.7. The molecule has 3 rings (SSSR count). The highest BCUT2D eigenvalue weighted by molar-refractivity contribution is 5.83. The molecular formula is C15H14N2O4. The van der Waals surface area contributed by atoms with Gasteiger partial charge in [0.1, 0.15) is 18.1 Å². The Morgan fingerprint density at radius 1 is 1.29 bits per heavy atom. The monoisotopic (exact) mass is 286 g/mol. The van der Waals surface area contributed by atoms with Crippen molar-refractivity contribution in [2.75, 3.05) is 6.61 Å². The molecule has 0 spiro atoms. The number of benzene rings is 1. The molecule has 108 valence electrons. The van der Waals surface area contributed by atoms with Crippen LogP contribution in [-0.2, 0) is 4.79 Å². The first-order chi connectivity index (χ1) is 10.2. The SMILES string of the molecule is Cc1ccc(C=NNC(=O)[C@@H]2COc3ccccc3O2)o1. The van der Waals surface area contributed by atoms with Gasteiger partial charge in [0.2, 0.25) is 6.10 Å². The summed E-state index contributed by atoms with van der Waals surface area (Å²) in [5.41, 5.74) is 2.41. The van der Waals surface area contributed by atoms with Crippen molar-refractivity contribution < 1.29 is 18.7 Å². The number of hydrogen-bond donors (Lipinski definition) is 1. The molecule has 0 aliphatic carbocycles. The van der Waals surface area contributed by atoms with Gasteiger partial charge in [-0.05, 0) is 31.2 Å². The Bertz CT molecular complexity index is 678. The molecule has 2 aromatic rings. The van der Waals surface area contributed by atoms with E-state index >= 15 is 0 Å². The molecule has 1 amide bonds. The van der Waals surface area contributed by atoms with Gasteiger partial charge < -0.3 is 13.9 Å². The van der Waals surface area contributed by atoms with Gasteiger partial charge in [0.05, 0.1) is 6.21 Å². The number of hydrogen-bond acceptors (Lipinski definition) is 5.